The Morgan fingerprint density at radius 3 is 2.39 bits per heavy atom. The van der Waals surface area contributed by atoms with Crippen molar-refractivity contribution in [2.75, 3.05) is 24.5 Å². The van der Waals surface area contributed by atoms with Gasteiger partial charge in [0.25, 0.3) is 5.91 Å². The predicted molar refractivity (Wildman–Crippen MR) is 126 cm³/mol. The van der Waals surface area contributed by atoms with Crippen LogP contribution in [-0.4, -0.2) is 47.5 Å². The SMILES string of the molecule is CCN(CC)C1CC(CN2C(=O)C(O)(c3c(F)cccc3Cl)c3c2cc(C(N)=O)cc3C(F)(F)F)C1. The topological polar surface area (TPSA) is 86.9 Å². The smallest absolute Gasteiger partial charge is 0.372 e. The molecule has 11 heteroatoms. The Morgan fingerprint density at radius 2 is 1.86 bits per heavy atom. The fourth-order valence-corrected chi connectivity index (χ4v) is 5.70. The Labute approximate surface area is 210 Å². The van der Waals surface area contributed by atoms with E-state index in [2.05, 4.69) is 4.90 Å². The average molecular weight is 528 g/mol. The first-order chi connectivity index (χ1) is 16.8. The van der Waals surface area contributed by atoms with Crippen molar-refractivity contribution in [1.29, 1.82) is 0 Å². The standard InChI is InChI=1S/C25H26ClF4N3O3/c1-3-32(4-2)15-8-13(9-15)12-33-19-11-14(22(31)34)10-16(25(28,29)30)20(19)24(36,23(33)35)21-17(26)6-5-7-18(21)27/h5-7,10-11,13,15,36H,3-4,8-9,12H2,1-2H3,(H2,31,34). The zero-order valence-corrected chi connectivity index (χ0v) is 20.5. The zero-order valence-electron chi connectivity index (χ0n) is 19.7. The van der Waals surface area contributed by atoms with Crippen LogP contribution in [0.25, 0.3) is 0 Å². The number of aliphatic hydroxyl groups is 1. The third kappa shape index (κ3) is 4.14. The van der Waals surface area contributed by atoms with Gasteiger partial charge in [0, 0.05) is 23.7 Å². The number of anilines is 1. The van der Waals surface area contributed by atoms with Gasteiger partial charge < -0.3 is 20.6 Å². The Balaban J connectivity index is 1.88. The molecule has 1 saturated carbocycles. The summed E-state index contributed by atoms with van der Waals surface area (Å²) in [6, 6.07) is 5.07. The van der Waals surface area contributed by atoms with E-state index in [0.717, 1.165) is 30.1 Å². The van der Waals surface area contributed by atoms with Crippen molar-refractivity contribution in [3.05, 3.63) is 63.4 Å². The molecule has 194 valence electrons. The number of benzene rings is 2. The van der Waals surface area contributed by atoms with Crippen LogP contribution in [0.3, 0.4) is 0 Å². The maximum atomic E-state index is 15.0. The lowest BCUT2D eigenvalue weighted by Gasteiger charge is -2.43. The van der Waals surface area contributed by atoms with Gasteiger partial charge in [0.15, 0.2) is 0 Å². The van der Waals surface area contributed by atoms with Crippen LogP contribution < -0.4 is 10.6 Å². The van der Waals surface area contributed by atoms with Crippen LogP contribution in [0, 0.1) is 11.7 Å². The fourth-order valence-electron chi connectivity index (χ4n) is 5.40. The maximum Gasteiger partial charge on any atom is 0.416 e. The molecule has 1 fully saturated rings. The molecule has 0 spiro atoms. The average Bonchev–Trinajstić information content (AvgIpc) is 2.98. The summed E-state index contributed by atoms with van der Waals surface area (Å²) in [6.45, 7) is 5.71. The minimum Gasteiger partial charge on any atom is -0.372 e. The molecule has 2 amide bonds. The number of nitrogens with two attached hydrogens (primary N) is 1. The van der Waals surface area contributed by atoms with Crippen LogP contribution >= 0.6 is 11.6 Å². The summed E-state index contributed by atoms with van der Waals surface area (Å²) in [6.07, 6.45) is -3.70. The second-order valence-corrected chi connectivity index (χ2v) is 9.62. The molecule has 1 unspecified atom stereocenters. The normalized spacial score (nSPS) is 23.7. The van der Waals surface area contributed by atoms with E-state index in [1.807, 2.05) is 13.8 Å². The number of carbonyl (C=O) groups excluding carboxylic acids is 2. The molecule has 1 atom stereocenters. The van der Waals surface area contributed by atoms with Gasteiger partial charge in [-0.25, -0.2) is 4.39 Å². The van der Waals surface area contributed by atoms with Crippen LogP contribution in [-0.2, 0) is 16.6 Å². The summed E-state index contributed by atoms with van der Waals surface area (Å²) in [5.41, 5.74) is -1.68. The lowest BCUT2D eigenvalue weighted by atomic mass is 9.78. The Bertz CT molecular complexity index is 1190. The first-order valence-electron chi connectivity index (χ1n) is 11.6. The molecule has 6 nitrogen and oxygen atoms in total. The highest BCUT2D eigenvalue weighted by Crippen LogP contribution is 2.53. The molecule has 2 aromatic carbocycles. The van der Waals surface area contributed by atoms with Crippen molar-refractivity contribution in [3.63, 3.8) is 0 Å². The number of fused-ring (bicyclic) bond motifs is 1. The molecule has 1 aliphatic heterocycles. The van der Waals surface area contributed by atoms with Crippen molar-refractivity contribution in [2.24, 2.45) is 11.7 Å². The molecule has 0 radical (unpaired) electrons. The Kier molecular flexibility index (Phi) is 6.83. The van der Waals surface area contributed by atoms with Crippen molar-refractivity contribution in [3.8, 4) is 0 Å². The summed E-state index contributed by atoms with van der Waals surface area (Å²) >= 11 is 6.13. The monoisotopic (exact) mass is 527 g/mol. The second-order valence-electron chi connectivity index (χ2n) is 9.22. The lowest BCUT2D eigenvalue weighted by molar-refractivity contribution is -0.142. The number of hydrogen-bond acceptors (Lipinski definition) is 4. The van der Waals surface area contributed by atoms with Crippen molar-refractivity contribution in [1.82, 2.24) is 4.90 Å². The molecule has 3 N–H and O–H groups in total. The van der Waals surface area contributed by atoms with Gasteiger partial charge in [0.1, 0.15) is 5.82 Å². The highest BCUT2D eigenvalue weighted by atomic mass is 35.5. The molecule has 0 aromatic heterocycles. The molecule has 0 saturated heterocycles. The minimum atomic E-state index is -5.10. The van der Waals surface area contributed by atoms with Gasteiger partial charge >= 0.3 is 6.18 Å². The largest absolute Gasteiger partial charge is 0.416 e. The summed E-state index contributed by atoms with van der Waals surface area (Å²) in [4.78, 5) is 28.8. The summed E-state index contributed by atoms with van der Waals surface area (Å²) in [7, 11) is 0. The van der Waals surface area contributed by atoms with Crippen LogP contribution in [0.15, 0.2) is 30.3 Å². The number of carbonyl (C=O) groups is 2. The molecule has 2 aliphatic rings. The molecule has 1 heterocycles. The van der Waals surface area contributed by atoms with Gasteiger partial charge in [0.05, 0.1) is 21.8 Å². The third-order valence-electron chi connectivity index (χ3n) is 7.22. The van der Waals surface area contributed by atoms with E-state index in [0.29, 0.717) is 18.9 Å². The van der Waals surface area contributed by atoms with Crippen molar-refractivity contribution >= 4 is 29.1 Å². The van der Waals surface area contributed by atoms with E-state index in [4.69, 9.17) is 17.3 Å². The summed E-state index contributed by atoms with van der Waals surface area (Å²) in [5, 5.41) is 11.3. The number of primary amides is 1. The predicted octanol–water partition coefficient (Wildman–Crippen LogP) is 4.30. The number of hydrogen-bond donors (Lipinski definition) is 2. The van der Waals surface area contributed by atoms with E-state index in [1.165, 1.54) is 12.1 Å². The van der Waals surface area contributed by atoms with E-state index < -0.39 is 56.7 Å². The van der Waals surface area contributed by atoms with E-state index in [-0.39, 0.29) is 24.2 Å². The maximum absolute atomic E-state index is 15.0. The van der Waals surface area contributed by atoms with Crippen molar-refractivity contribution in [2.45, 2.75) is 44.5 Å². The van der Waals surface area contributed by atoms with Crippen molar-refractivity contribution < 1.29 is 32.3 Å². The summed E-state index contributed by atoms with van der Waals surface area (Å²) in [5.74, 6) is -3.51. The van der Waals surface area contributed by atoms with Gasteiger partial charge in [-0.1, -0.05) is 31.5 Å². The highest BCUT2D eigenvalue weighted by Gasteiger charge is 2.58. The van der Waals surface area contributed by atoms with Crippen LogP contribution in [0.4, 0.5) is 23.2 Å². The van der Waals surface area contributed by atoms with E-state index in [1.54, 1.807) is 0 Å². The van der Waals surface area contributed by atoms with Gasteiger partial charge in [-0.3, -0.25) is 9.59 Å². The highest BCUT2D eigenvalue weighted by molar-refractivity contribution is 6.32. The zero-order chi connectivity index (χ0) is 26.6. The number of halogens is 5. The minimum absolute atomic E-state index is 0.0164. The van der Waals surface area contributed by atoms with Crippen LogP contribution in [0.5, 0.6) is 0 Å². The van der Waals surface area contributed by atoms with Gasteiger partial charge in [-0.15, -0.1) is 0 Å². The third-order valence-corrected chi connectivity index (χ3v) is 7.53. The number of alkyl halides is 3. The van der Waals surface area contributed by atoms with E-state index >= 15 is 0 Å². The molecule has 2 aromatic rings. The number of nitrogens with zero attached hydrogens (tertiary/aromatic N) is 2. The van der Waals surface area contributed by atoms with Gasteiger partial charge in [0.2, 0.25) is 11.5 Å². The number of rotatable bonds is 7. The first-order valence-corrected chi connectivity index (χ1v) is 12.0. The van der Waals surface area contributed by atoms with E-state index in [9.17, 15) is 32.3 Å². The Morgan fingerprint density at radius 1 is 1.22 bits per heavy atom. The number of amides is 2. The molecule has 0 bridgehead atoms. The van der Waals surface area contributed by atoms with Gasteiger partial charge in [-0.05, 0) is 56.1 Å². The Hall–Kier alpha value is -2.69. The molecule has 1 aliphatic carbocycles. The lowest BCUT2D eigenvalue weighted by Crippen LogP contribution is -2.50. The molecule has 36 heavy (non-hydrogen) atoms. The molecule has 4 rings (SSSR count). The second kappa shape index (κ2) is 9.32. The quantitative estimate of drug-likeness (QED) is 0.526. The first kappa shape index (κ1) is 26.4. The summed E-state index contributed by atoms with van der Waals surface area (Å²) < 4.78 is 57.7. The fraction of sp³-hybridized carbons (Fsp3) is 0.440. The van der Waals surface area contributed by atoms with Gasteiger partial charge in [-0.2, -0.15) is 13.2 Å². The van der Waals surface area contributed by atoms with Crippen LogP contribution in [0.2, 0.25) is 5.02 Å². The molecular formula is C25H26ClF4N3O3. The molecular weight excluding hydrogens is 502 g/mol. The van der Waals surface area contributed by atoms with Crippen LogP contribution in [0.1, 0.15) is 53.7 Å².